The molecule has 0 radical (unpaired) electrons. The van der Waals surface area contributed by atoms with Gasteiger partial charge >= 0.3 is 0 Å². The number of amidine groups is 1. The lowest BCUT2D eigenvalue weighted by Crippen LogP contribution is -2.34. The van der Waals surface area contributed by atoms with Crippen molar-refractivity contribution in [3.05, 3.63) is 29.8 Å². The van der Waals surface area contributed by atoms with Crippen LogP contribution < -0.4 is 5.32 Å². The van der Waals surface area contributed by atoms with Gasteiger partial charge in [0, 0.05) is 25.7 Å². The summed E-state index contributed by atoms with van der Waals surface area (Å²) in [5, 5.41) is 3.34. The van der Waals surface area contributed by atoms with Gasteiger partial charge in [-0.15, -0.1) is 4.40 Å². The predicted octanol–water partition coefficient (Wildman–Crippen LogP) is 1.31. The highest BCUT2D eigenvalue weighted by Crippen LogP contribution is 2.26. The standard InChI is InChI=1S/C14H21N3O2S/c1-11(2)10-15-8-9-17(3)14-12-6-4-5-7-13(12)20(18,19)16-14/h4-7,11,15H,8-10H2,1-3H3. The van der Waals surface area contributed by atoms with Gasteiger partial charge in [-0.05, 0) is 24.6 Å². The smallest absolute Gasteiger partial charge is 0.285 e. The number of benzene rings is 1. The lowest BCUT2D eigenvalue weighted by Gasteiger charge is -2.19. The molecule has 6 heteroatoms. The van der Waals surface area contributed by atoms with E-state index in [4.69, 9.17) is 0 Å². The summed E-state index contributed by atoms with van der Waals surface area (Å²) in [6.45, 7) is 6.78. The fraction of sp³-hybridized carbons (Fsp3) is 0.500. The normalized spacial score (nSPS) is 16.1. The van der Waals surface area contributed by atoms with Crippen molar-refractivity contribution in [2.24, 2.45) is 10.3 Å². The lowest BCUT2D eigenvalue weighted by molar-refractivity contribution is 0.463. The SMILES string of the molecule is CC(C)CNCCN(C)C1=NS(=O)(=O)c2ccccc21. The first-order valence-corrected chi connectivity index (χ1v) is 8.22. The maximum absolute atomic E-state index is 12.0. The van der Waals surface area contributed by atoms with Gasteiger partial charge in [0.15, 0.2) is 5.84 Å². The molecule has 0 unspecified atom stereocenters. The Morgan fingerprint density at radius 3 is 2.70 bits per heavy atom. The van der Waals surface area contributed by atoms with Gasteiger partial charge in [0.2, 0.25) is 0 Å². The Morgan fingerprint density at radius 2 is 2.00 bits per heavy atom. The van der Waals surface area contributed by atoms with Crippen LogP contribution in [0.2, 0.25) is 0 Å². The molecule has 0 atom stereocenters. The van der Waals surface area contributed by atoms with Crippen LogP contribution in [0.3, 0.4) is 0 Å². The molecule has 0 amide bonds. The molecule has 1 aromatic carbocycles. The van der Waals surface area contributed by atoms with Crippen LogP contribution in [-0.4, -0.2) is 45.8 Å². The Hall–Kier alpha value is -1.40. The van der Waals surface area contributed by atoms with E-state index in [9.17, 15) is 8.42 Å². The first-order chi connectivity index (χ1) is 9.42. The van der Waals surface area contributed by atoms with E-state index in [1.165, 1.54) is 0 Å². The largest absolute Gasteiger partial charge is 0.357 e. The minimum atomic E-state index is -3.52. The predicted molar refractivity (Wildman–Crippen MR) is 80.5 cm³/mol. The number of nitrogens with zero attached hydrogens (tertiary/aromatic N) is 2. The lowest BCUT2D eigenvalue weighted by atomic mass is 10.2. The van der Waals surface area contributed by atoms with Crippen molar-refractivity contribution in [1.29, 1.82) is 0 Å². The van der Waals surface area contributed by atoms with Gasteiger partial charge in [0.05, 0.1) is 0 Å². The summed E-state index contributed by atoms with van der Waals surface area (Å²) >= 11 is 0. The molecule has 1 aliphatic rings. The maximum Gasteiger partial charge on any atom is 0.285 e. The van der Waals surface area contributed by atoms with Gasteiger partial charge in [-0.3, -0.25) is 0 Å². The summed E-state index contributed by atoms with van der Waals surface area (Å²) in [4.78, 5) is 2.19. The van der Waals surface area contributed by atoms with E-state index >= 15 is 0 Å². The van der Waals surface area contributed by atoms with Crippen LogP contribution in [0, 0.1) is 5.92 Å². The number of sulfonamides is 1. The fourth-order valence-electron chi connectivity index (χ4n) is 2.11. The molecule has 0 aliphatic carbocycles. The molecule has 110 valence electrons. The third kappa shape index (κ3) is 3.19. The van der Waals surface area contributed by atoms with Gasteiger partial charge in [-0.25, -0.2) is 0 Å². The monoisotopic (exact) mass is 295 g/mol. The molecule has 2 rings (SSSR count). The van der Waals surface area contributed by atoms with Crippen LogP contribution >= 0.6 is 0 Å². The summed E-state index contributed by atoms with van der Waals surface area (Å²) < 4.78 is 27.8. The molecule has 0 fully saturated rings. The highest BCUT2D eigenvalue weighted by molar-refractivity contribution is 7.90. The zero-order chi connectivity index (χ0) is 14.8. The minimum Gasteiger partial charge on any atom is -0.357 e. The highest BCUT2D eigenvalue weighted by atomic mass is 32.2. The van der Waals surface area contributed by atoms with Crippen LogP contribution in [0.1, 0.15) is 19.4 Å². The zero-order valence-corrected chi connectivity index (χ0v) is 12.9. The molecule has 0 saturated heterocycles. The van der Waals surface area contributed by atoms with E-state index in [1.54, 1.807) is 18.2 Å². The van der Waals surface area contributed by atoms with Gasteiger partial charge in [-0.2, -0.15) is 8.42 Å². The van der Waals surface area contributed by atoms with E-state index in [-0.39, 0.29) is 0 Å². The van der Waals surface area contributed by atoms with Gasteiger partial charge < -0.3 is 10.2 Å². The van der Waals surface area contributed by atoms with Gasteiger partial charge in [0.25, 0.3) is 10.0 Å². The molecular weight excluding hydrogens is 274 g/mol. The van der Waals surface area contributed by atoms with Gasteiger partial charge in [-0.1, -0.05) is 26.0 Å². The number of hydrogen-bond donors (Lipinski definition) is 1. The Kier molecular flexibility index (Phi) is 4.45. The Labute approximate surface area is 120 Å². The molecule has 1 aliphatic heterocycles. The van der Waals surface area contributed by atoms with Crippen LogP contribution in [0.25, 0.3) is 0 Å². The van der Waals surface area contributed by atoms with Crippen LogP contribution in [0.5, 0.6) is 0 Å². The summed E-state index contributed by atoms with van der Waals surface area (Å²) in [5.74, 6) is 1.14. The third-order valence-electron chi connectivity index (χ3n) is 3.15. The van der Waals surface area contributed by atoms with Crippen LogP contribution in [0.4, 0.5) is 0 Å². The van der Waals surface area contributed by atoms with Crippen molar-refractivity contribution in [2.75, 3.05) is 26.7 Å². The van der Waals surface area contributed by atoms with Crippen molar-refractivity contribution in [3.8, 4) is 0 Å². The van der Waals surface area contributed by atoms with Crippen molar-refractivity contribution < 1.29 is 8.42 Å². The summed E-state index contributed by atoms with van der Waals surface area (Å²) in [6.07, 6.45) is 0. The Balaban J connectivity index is 2.06. The van der Waals surface area contributed by atoms with Crippen molar-refractivity contribution >= 4 is 15.9 Å². The number of hydrogen-bond acceptors (Lipinski definition) is 4. The molecule has 1 aromatic rings. The summed E-state index contributed by atoms with van der Waals surface area (Å²) in [5.41, 5.74) is 0.693. The molecule has 0 spiro atoms. The van der Waals surface area contributed by atoms with Crippen LogP contribution in [0.15, 0.2) is 33.6 Å². The Bertz CT molecular complexity index is 609. The molecular formula is C14H21N3O2S. The van der Waals surface area contributed by atoms with E-state index in [2.05, 4.69) is 23.6 Å². The molecule has 1 heterocycles. The van der Waals surface area contributed by atoms with Gasteiger partial charge in [0.1, 0.15) is 4.90 Å². The van der Waals surface area contributed by atoms with E-state index in [1.807, 2.05) is 18.0 Å². The fourth-order valence-corrected chi connectivity index (χ4v) is 3.36. The topological polar surface area (TPSA) is 61.8 Å². The van der Waals surface area contributed by atoms with Crippen molar-refractivity contribution in [3.63, 3.8) is 0 Å². The molecule has 5 nitrogen and oxygen atoms in total. The van der Waals surface area contributed by atoms with Crippen molar-refractivity contribution in [2.45, 2.75) is 18.7 Å². The van der Waals surface area contributed by atoms with E-state index in [0.717, 1.165) is 19.6 Å². The quantitative estimate of drug-likeness (QED) is 0.832. The average molecular weight is 295 g/mol. The average Bonchev–Trinajstić information content (AvgIpc) is 2.67. The summed E-state index contributed by atoms with van der Waals surface area (Å²) in [6, 6.07) is 6.96. The van der Waals surface area contributed by atoms with Crippen LogP contribution in [-0.2, 0) is 10.0 Å². The minimum absolute atomic E-state index is 0.303. The second kappa shape index (κ2) is 5.93. The highest BCUT2D eigenvalue weighted by Gasteiger charge is 2.30. The molecule has 1 N–H and O–H groups in total. The number of likely N-dealkylation sites (N-methyl/N-ethyl adjacent to an activating group) is 1. The first kappa shape index (κ1) is 15.0. The van der Waals surface area contributed by atoms with E-state index < -0.39 is 10.0 Å². The molecule has 20 heavy (non-hydrogen) atoms. The second-order valence-electron chi connectivity index (χ2n) is 5.41. The number of fused-ring (bicyclic) bond motifs is 1. The van der Waals surface area contributed by atoms with Crippen molar-refractivity contribution in [1.82, 2.24) is 10.2 Å². The second-order valence-corrected chi connectivity index (χ2v) is 6.98. The maximum atomic E-state index is 12.0. The third-order valence-corrected chi connectivity index (χ3v) is 4.48. The molecule has 0 saturated carbocycles. The first-order valence-electron chi connectivity index (χ1n) is 6.78. The molecule has 0 aromatic heterocycles. The van der Waals surface area contributed by atoms with E-state index in [0.29, 0.717) is 22.2 Å². The number of nitrogens with one attached hydrogen (secondary N) is 1. The summed E-state index contributed by atoms with van der Waals surface area (Å²) in [7, 11) is -1.65. The number of rotatable bonds is 5. The Morgan fingerprint density at radius 1 is 1.30 bits per heavy atom. The molecule has 0 bridgehead atoms. The zero-order valence-electron chi connectivity index (χ0n) is 12.1.